The topological polar surface area (TPSA) is 64.7 Å². The van der Waals surface area contributed by atoms with Crippen molar-refractivity contribution < 1.29 is 9.18 Å². The Bertz CT molecular complexity index is 888. The van der Waals surface area contributed by atoms with Gasteiger partial charge in [-0.25, -0.2) is 4.39 Å². The molecule has 1 amide bonds. The molecule has 2 aromatic heterocycles. The van der Waals surface area contributed by atoms with Crippen molar-refractivity contribution in [3.63, 3.8) is 0 Å². The highest BCUT2D eigenvalue weighted by Crippen LogP contribution is 2.22. The third-order valence-corrected chi connectivity index (χ3v) is 4.15. The quantitative estimate of drug-likeness (QED) is 0.713. The van der Waals surface area contributed by atoms with Gasteiger partial charge in [-0.05, 0) is 33.6 Å². The van der Waals surface area contributed by atoms with Gasteiger partial charge in [0.15, 0.2) is 5.82 Å². The highest BCUT2D eigenvalue weighted by molar-refractivity contribution is 9.10. The second kappa shape index (κ2) is 6.74. The molecule has 0 unspecified atom stereocenters. The fourth-order valence-corrected chi connectivity index (χ4v) is 2.94. The molecule has 124 valence electrons. The summed E-state index contributed by atoms with van der Waals surface area (Å²) < 4.78 is 16.8. The fraction of sp³-hybridized carbons (Fsp3) is 0.133. The lowest BCUT2D eigenvalue weighted by atomic mass is 10.2. The SMILES string of the molecule is Cn1ncc(Br)c1C(=O)Nc1nn(Cc2cccc(F)c2)cc1Cl. The van der Waals surface area contributed by atoms with E-state index in [1.54, 1.807) is 25.4 Å². The Hall–Kier alpha value is -2.19. The Morgan fingerprint density at radius 1 is 1.46 bits per heavy atom. The van der Waals surface area contributed by atoms with Crippen molar-refractivity contribution >= 4 is 39.3 Å². The number of carbonyl (C=O) groups is 1. The van der Waals surface area contributed by atoms with E-state index in [4.69, 9.17) is 11.6 Å². The third kappa shape index (κ3) is 3.49. The summed E-state index contributed by atoms with van der Waals surface area (Å²) in [7, 11) is 1.66. The van der Waals surface area contributed by atoms with E-state index in [2.05, 4.69) is 31.4 Å². The molecule has 0 aliphatic heterocycles. The molecule has 0 saturated carbocycles. The maximum Gasteiger partial charge on any atom is 0.276 e. The van der Waals surface area contributed by atoms with E-state index in [-0.39, 0.29) is 22.6 Å². The van der Waals surface area contributed by atoms with Crippen LogP contribution in [0.3, 0.4) is 0 Å². The van der Waals surface area contributed by atoms with Crippen molar-refractivity contribution in [3.8, 4) is 0 Å². The summed E-state index contributed by atoms with van der Waals surface area (Å²) in [4.78, 5) is 12.3. The first kappa shape index (κ1) is 16.7. The number of anilines is 1. The van der Waals surface area contributed by atoms with E-state index >= 15 is 0 Å². The maximum atomic E-state index is 13.2. The molecule has 0 saturated heterocycles. The summed E-state index contributed by atoms with van der Waals surface area (Å²) in [5, 5.41) is 11.1. The van der Waals surface area contributed by atoms with E-state index < -0.39 is 0 Å². The molecule has 0 aliphatic carbocycles. The number of hydrogen-bond donors (Lipinski definition) is 1. The normalized spacial score (nSPS) is 10.8. The van der Waals surface area contributed by atoms with Crippen LogP contribution in [-0.2, 0) is 13.6 Å². The van der Waals surface area contributed by atoms with Crippen molar-refractivity contribution in [3.05, 3.63) is 63.2 Å². The first-order chi connectivity index (χ1) is 11.4. The second-order valence-electron chi connectivity index (χ2n) is 5.07. The van der Waals surface area contributed by atoms with Gasteiger partial charge in [0.1, 0.15) is 16.5 Å². The highest BCUT2D eigenvalue weighted by atomic mass is 79.9. The first-order valence-electron chi connectivity index (χ1n) is 6.90. The number of rotatable bonds is 4. The number of aryl methyl sites for hydroxylation is 1. The largest absolute Gasteiger partial charge is 0.302 e. The van der Waals surface area contributed by atoms with E-state index in [9.17, 15) is 9.18 Å². The fourth-order valence-electron chi connectivity index (χ4n) is 2.22. The molecule has 0 spiro atoms. The van der Waals surface area contributed by atoms with Crippen LogP contribution in [0.5, 0.6) is 0 Å². The van der Waals surface area contributed by atoms with Crippen LogP contribution in [0.1, 0.15) is 16.1 Å². The zero-order chi connectivity index (χ0) is 17.3. The number of hydrogen-bond acceptors (Lipinski definition) is 3. The summed E-state index contributed by atoms with van der Waals surface area (Å²) in [6.07, 6.45) is 3.10. The number of carbonyl (C=O) groups excluding carboxylic acids is 1. The Morgan fingerprint density at radius 2 is 2.25 bits per heavy atom. The number of benzene rings is 1. The summed E-state index contributed by atoms with van der Waals surface area (Å²) in [5.41, 5.74) is 1.09. The summed E-state index contributed by atoms with van der Waals surface area (Å²) >= 11 is 9.39. The molecule has 0 radical (unpaired) electrons. The van der Waals surface area contributed by atoms with Crippen molar-refractivity contribution in [2.24, 2.45) is 7.05 Å². The molecular weight excluding hydrogens is 401 g/mol. The molecule has 0 bridgehead atoms. The minimum Gasteiger partial charge on any atom is -0.302 e. The van der Waals surface area contributed by atoms with Gasteiger partial charge in [0.2, 0.25) is 0 Å². The van der Waals surface area contributed by atoms with Gasteiger partial charge < -0.3 is 5.32 Å². The minimum absolute atomic E-state index is 0.228. The molecule has 3 aromatic rings. The van der Waals surface area contributed by atoms with Crippen LogP contribution >= 0.6 is 27.5 Å². The number of nitrogens with one attached hydrogen (secondary N) is 1. The Kier molecular flexibility index (Phi) is 4.68. The van der Waals surface area contributed by atoms with Gasteiger partial charge >= 0.3 is 0 Å². The van der Waals surface area contributed by atoms with Crippen LogP contribution in [0.25, 0.3) is 0 Å². The van der Waals surface area contributed by atoms with E-state index in [0.717, 1.165) is 5.56 Å². The average molecular weight is 413 g/mol. The molecule has 0 atom stereocenters. The van der Waals surface area contributed by atoms with Crippen molar-refractivity contribution in [2.45, 2.75) is 6.54 Å². The van der Waals surface area contributed by atoms with Gasteiger partial charge in [0.05, 0.1) is 17.2 Å². The first-order valence-corrected chi connectivity index (χ1v) is 8.07. The smallest absolute Gasteiger partial charge is 0.276 e. The summed E-state index contributed by atoms with van der Waals surface area (Å²) in [5.74, 6) is -0.480. The van der Waals surface area contributed by atoms with Crippen LogP contribution < -0.4 is 5.32 Å². The van der Waals surface area contributed by atoms with Crippen LogP contribution in [0.2, 0.25) is 5.02 Å². The Labute approximate surface area is 150 Å². The highest BCUT2D eigenvalue weighted by Gasteiger charge is 2.18. The molecule has 24 heavy (non-hydrogen) atoms. The molecule has 0 fully saturated rings. The van der Waals surface area contributed by atoms with Crippen molar-refractivity contribution in [1.29, 1.82) is 0 Å². The Balaban J connectivity index is 1.78. The van der Waals surface area contributed by atoms with Crippen molar-refractivity contribution in [1.82, 2.24) is 19.6 Å². The zero-order valence-electron chi connectivity index (χ0n) is 12.5. The molecule has 1 N–H and O–H groups in total. The number of aromatic nitrogens is 4. The molecular formula is C15H12BrClFN5O. The standard InChI is InChI=1S/C15H12BrClFN5O/c1-22-13(11(16)6-19-22)15(24)20-14-12(17)8-23(21-14)7-9-3-2-4-10(18)5-9/h2-6,8H,7H2,1H3,(H,20,21,24). The second-order valence-corrected chi connectivity index (χ2v) is 6.33. The third-order valence-electron chi connectivity index (χ3n) is 3.29. The molecule has 0 aliphatic rings. The predicted octanol–water partition coefficient (Wildman–Crippen LogP) is 3.47. The number of nitrogens with zero attached hydrogens (tertiary/aromatic N) is 4. The lowest BCUT2D eigenvalue weighted by molar-refractivity contribution is 0.101. The number of amides is 1. The van der Waals surface area contributed by atoms with Crippen LogP contribution in [-0.4, -0.2) is 25.5 Å². The van der Waals surface area contributed by atoms with Crippen LogP contribution in [0.4, 0.5) is 10.2 Å². The minimum atomic E-state index is -0.389. The molecule has 1 aromatic carbocycles. The van der Waals surface area contributed by atoms with Gasteiger partial charge in [0, 0.05) is 13.2 Å². The molecule has 9 heteroatoms. The average Bonchev–Trinajstić information content (AvgIpc) is 3.02. The summed E-state index contributed by atoms with van der Waals surface area (Å²) in [6.45, 7) is 0.336. The van der Waals surface area contributed by atoms with Crippen molar-refractivity contribution in [2.75, 3.05) is 5.32 Å². The Morgan fingerprint density at radius 3 is 2.92 bits per heavy atom. The molecule has 2 heterocycles. The van der Waals surface area contributed by atoms with Crippen LogP contribution in [0, 0.1) is 5.82 Å². The van der Waals surface area contributed by atoms with Gasteiger partial charge in [-0.2, -0.15) is 10.2 Å². The van der Waals surface area contributed by atoms with Gasteiger partial charge in [-0.15, -0.1) is 0 Å². The predicted molar refractivity (Wildman–Crippen MR) is 91.6 cm³/mol. The summed E-state index contributed by atoms with van der Waals surface area (Å²) in [6, 6.07) is 6.19. The number of halogens is 3. The lowest BCUT2D eigenvalue weighted by Gasteiger charge is -2.04. The van der Waals surface area contributed by atoms with E-state index in [1.807, 2.05) is 0 Å². The van der Waals surface area contributed by atoms with E-state index in [0.29, 0.717) is 16.7 Å². The lowest BCUT2D eigenvalue weighted by Crippen LogP contribution is -2.17. The van der Waals surface area contributed by atoms with Crippen LogP contribution in [0.15, 0.2) is 41.1 Å². The van der Waals surface area contributed by atoms with Gasteiger partial charge in [0.25, 0.3) is 5.91 Å². The maximum absolute atomic E-state index is 13.2. The van der Waals surface area contributed by atoms with E-state index in [1.165, 1.54) is 27.7 Å². The molecule has 6 nitrogen and oxygen atoms in total. The monoisotopic (exact) mass is 411 g/mol. The molecule has 3 rings (SSSR count). The van der Waals surface area contributed by atoms with Gasteiger partial charge in [-0.3, -0.25) is 14.2 Å². The van der Waals surface area contributed by atoms with Gasteiger partial charge in [-0.1, -0.05) is 23.7 Å². The zero-order valence-corrected chi connectivity index (χ0v) is 14.8.